The first-order valence-electron chi connectivity index (χ1n) is 6.12. The summed E-state index contributed by atoms with van der Waals surface area (Å²) in [5.74, 6) is -0.136. The molecule has 5 nitrogen and oxygen atoms in total. The quantitative estimate of drug-likeness (QED) is 0.704. The molecule has 0 aromatic carbocycles. The van der Waals surface area contributed by atoms with Gasteiger partial charge in [0.2, 0.25) is 0 Å². The van der Waals surface area contributed by atoms with Gasteiger partial charge in [-0.15, -0.1) is 0 Å². The van der Waals surface area contributed by atoms with Gasteiger partial charge in [0.25, 0.3) is 5.91 Å². The Morgan fingerprint density at radius 2 is 2.24 bits per heavy atom. The van der Waals surface area contributed by atoms with Gasteiger partial charge in [0.1, 0.15) is 6.10 Å². The van der Waals surface area contributed by atoms with Crippen molar-refractivity contribution >= 4 is 5.91 Å². The smallest absolute Gasteiger partial charge is 0.250 e. The summed E-state index contributed by atoms with van der Waals surface area (Å²) >= 11 is 0. The van der Waals surface area contributed by atoms with Gasteiger partial charge in [-0.25, -0.2) is 0 Å². The van der Waals surface area contributed by atoms with E-state index in [0.29, 0.717) is 6.61 Å². The molecule has 3 N–H and O–H groups in total. The van der Waals surface area contributed by atoms with E-state index in [1.807, 2.05) is 6.92 Å². The van der Waals surface area contributed by atoms with Crippen LogP contribution in [0.3, 0.4) is 0 Å². The summed E-state index contributed by atoms with van der Waals surface area (Å²) in [6.07, 6.45) is 0.516. The maximum Gasteiger partial charge on any atom is 0.250 e. The molecule has 0 spiro atoms. The van der Waals surface area contributed by atoms with Crippen LogP contribution in [0, 0.1) is 5.41 Å². The fraction of sp³-hybridized carbons (Fsp3) is 0.917. The van der Waals surface area contributed by atoms with Crippen molar-refractivity contribution in [1.29, 1.82) is 0 Å². The SMILES string of the molecule is CCOC1CC(NC(=O)C(CN)OC)C1(C)C. The van der Waals surface area contributed by atoms with Crippen molar-refractivity contribution < 1.29 is 14.3 Å². The third-order valence-corrected chi connectivity index (χ3v) is 3.65. The summed E-state index contributed by atoms with van der Waals surface area (Å²) in [4.78, 5) is 11.8. The highest BCUT2D eigenvalue weighted by atomic mass is 16.5. The zero-order valence-electron chi connectivity index (χ0n) is 11.2. The van der Waals surface area contributed by atoms with Gasteiger partial charge in [0.05, 0.1) is 6.10 Å². The number of amides is 1. The summed E-state index contributed by atoms with van der Waals surface area (Å²) in [6.45, 7) is 7.10. The highest BCUT2D eigenvalue weighted by molar-refractivity contribution is 5.81. The molecule has 0 radical (unpaired) electrons. The molecule has 0 heterocycles. The number of hydrogen-bond acceptors (Lipinski definition) is 4. The first-order chi connectivity index (χ1) is 7.97. The van der Waals surface area contributed by atoms with Crippen LogP contribution in [-0.2, 0) is 14.3 Å². The second-order valence-electron chi connectivity index (χ2n) is 5.02. The van der Waals surface area contributed by atoms with Gasteiger partial charge in [-0.1, -0.05) is 13.8 Å². The lowest BCUT2D eigenvalue weighted by Crippen LogP contribution is -2.63. The predicted octanol–water partition coefficient (Wildman–Crippen LogP) is 0.280. The predicted molar refractivity (Wildman–Crippen MR) is 65.6 cm³/mol. The van der Waals surface area contributed by atoms with E-state index in [9.17, 15) is 4.79 Å². The summed E-state index contributed by atoms with van der Waals surface area (Å²) < 4.78 is 10.6. The molecule has 1 fully saturated rings. The number of ether oxygens (including phenoxy) is 2. The molecular weight excluding hydrogens is 220 g/mol. The lowest BCUT2D eigenvalue weighted by atomic mass is 9.64. The number of methoxy groups -OCH3 is 1. The van der Waals surface area contributed by atoms with Gasteiger partial charge in [0.15, 0.2) is 0 Å². The third-order valence-electron chi connectivity index (χ3n) is 3.65. The molecule has 1 aliphatic rings. The van der Waals surface area contributed by atoms with E-state index in [0.717, 1.165) is 6.42 Å². The van der Waals surface area contributed by atoms with Crippen LogP contribution in [0.1, 0.15) is 27.2 Å². The number of hydrogen-bond donors (Lipinski definition) is 2. The largest absolute Gasteiger partial charge is 0.378 e. The van der Waals surface area contributed by atoms with Crippen LogP contribution in [-0.4, -0.2) is 44.4 Å². The highest BCUT2D eigenvalue weighted by Crippen LogP contribution is 2.42. The zero-order chi connectivity index (χ0) is 13.1. The Morgan fingerprint density at radius 1 is 1.59 bits per heavy atom. The molecular formula is C12H24N2O3. The molecule has 3 unspecified atom stereocenters. The molecule has 17 heavy (non-hydrogen) atoms. The number of carbonyl (C=O) groups is 1. The van der Waals surface area contributed by atoms with Gasteiger partial charge >= 0.3 is 0 Å². The minimum atomic E-state index is -0.558. The third kappa shape index (κ3) is 2.97. The van der Waals surface area contributed by atoms with Crippen LogP contribution in [0.2, 0.25) is 0 Å². The molecule has 3 atom stereocenters. The van der Waals surface area contributed by atoms with E-state index >= 15 is 0 Å². The van der Waals surface area contributed by atoms with Crippen molar-refractivity contribution in [2.75, 3.05) is 20.3 Å². The molecule has 0 bridgehead atoms. The fourth-order valence-electron chi connectivity index (χ4n) is 2.19. The summed E-state index contributed by atoms with van der Waals surface area (Å²) in [6, 6.07) is 0.135. The van der Waals surface area contributed by atoms with Gasteiger partial charge in [-0.3, -0.25) is 4.79 Å². The second kappa shape index (κ2) is 5.80. The standard InChI is InChI=1S/C12H24N2O3/c1-5-17-10-6-9(12(10,2)3)14-11(15)8(7-13)16-4/h8-10H,5-7,13H2,1-4H3,(H,14,15). The molecule has 1 aliphatic carbocycles. The summed E-state index contributed by atoms with van der Waals surface area (Å²) in [7, 11) is 1.49. The lowest BCUT2D eigenvalue weighted by Gasteiger charge is -2.51. The van der Waals surface area contributed by atoms with Crippen LogP contribution in [0.25, 0.3) is 0 Å². The summed E-state index contributed by atoms with van der Waals surface area (Å²) in [5, 5.41) is 2.97. The summed E-state index contributed by atoms with van der Waals surface area (Å²) in [5.41, 5.74) is 5.42. The van der Waals surface area contributed by atoms with Crippen LogP contribution in [0.4, 0.5) is 0 Å². The molecule has 1 rings (SSSR count). The average molecular weight is 244 g/mol. The number of rotatable bonds is 6. The molecule has 1 saturated carbocycles. The van der Waals surface area contributed by atoms with Crippen molar-refractivity contribution in [2.24, 2.45) is 11.1 Å². The van der Waals surface area contributed by atoms with E-state index in [1.54, 1.807) is 0 Å². The number of nitrogens with two attached hydrogens (primary N) is 1. The minimum absolute atomic E-state index is 0.0292. The Kier molecular flexibility index (Phi) is 4.91. The topological polar surface area (TPSA) is 73.6 Å². The van der Waals surface area contributed by atoms with E-state index in [2.05, 4.69) is 19.2 Å². The average Bonchev–Trinajstić information content (AvgIpc) is 2.29. The minimum Gasteiger partial charge on any atom is -0.378 e. The second-order valence-corrected chi connectivity index (χ2v) is 5.02. The van der Waals surface area contributed by atoms with Crippen LogP contribution in [0.5, 0.6) is 0 Å². The van der Waals surface area contributed by atoms with E-state index in [4.69, 9.17) is 15.2 Å². The fourth-order valence-corrected chi connectivity index (χ4v) is 2.19. The van der Waals surface area contributed by atoms with Gasteiger partial charge < -0.3 is 20.5 Å². The number of nitrogens with one attached hydrogen (secondary N) is 1. The van der Waals surface area contributed by atoms with Crippen molar-refractivity contribution in [3.8, 4) is 0 Å². The Bertz CT molecular complexity index is 264. The van der Waals surface area contributed by atoms with E-state index in [-0.39, 0.29) is 30.0 Å². The Hall–Kier alpha value is -0.650. The molecule has 0 saturated heterocycles. The monoisotopic (exact) mass is 244 g/mol. The van der Waals surface area contributed by atoms with Crippen LogP contribution in [0.15, 0.2) is 0 Å². The van der Waals surface area contributed by atoms with Gasteiger partial charge in [0, 0.05) is 31.7 Å². The van der Waals surface area contributed by atoms with Gasteiger partial charge in [-0.2, -0.15) is 0 Å². The van der Waals surface area contributed by atoms with Crippen LogP contribution >= 0.6 is 0 Å². The Labute approximate surface area is 103 Å². The Morgan fingerprint density at radius 3 is 2.65 bits per heavy atom. The van der Waals surface area contributed by atoms with Crippen molar-refractivity contribution in [1.82, 2.24) is 5.32 Å². The van der Waals surface area contributed by atoms with Crippen molar-refractivity contribution in [2.45, 2.75) is 45.4 Å². The normalized spacial score (nSPS) is 28.3. The Balaban J connectivity index is 2.47. The molecule has 100 valence electrons. The lowest BCUT2D eigenvalue weighted by molar-refractivity contribution is -0.144. The van der Waals surface area contributed by atoms with Gasteiger partial charge in [-0.05, 0) is 13.3 Å². The van der Waals surface area contributed by atoms with E-state index in [1.165, 1.54) is 7.11 Å². The first kappa shape index (κ1) is 14.4. The van der Waals surface area contributed by atoms with Crippen LogP contribution < -0.4 is 11.1 Å². The highest BCUT2D eigenvalue weighted by Gasteiger charge is 2.49. The number of carbonyl (C=O) groups excluding carboxylic acids is 1. The molecule has 0 aromatic rings. The first-order valence-corrected chi connectivity index (χ1v) is 6.12. The molecule has 1 amide bonds. The maximum atomic E-state index is 11.8. The van der Waals surface area contributed by atoms with Crippen molar-refractivity contribution in [3.63, 3.8) is 0 Å². The molecule has 0 aromatic heterocycles. The maximum absolute atomic E-state index is 11.8. The van der Waals surface area contributed by atoms with E-state index < -0.39 is 6.10 Å². The zero-order valence-corrected chi connectivity index (χ0v) is 11.2. The molecule has 5 heteroatoms. The molecule has 0 aliphatic heterocycles. The van der Waals surface area contributed by atoms with Crippen molar-refractivity contribution in [3.05, 3.63) is 0 Å².